The molecule has 4 nitrogen and oxygen atoms in total. The summed E-state index contributed by atoms with van der Waals surface area (Å²) in [4.78, 5) is 10.6. The van der Waals surface area contributed by atoms with Crippen molar-refractivity contribution in [2.45, 2.75) is 38.1 Å². The van der Waals surface area contributed by atoms with Crippen molar-refractivity contribution in [2.24, 2.45) is 5.92 Å². The first-order valence-electron chi connectivity index (χ1n) is 7.02. The number of anilines is 1. The van der Waals surface area contributed by atoms with E-state index in [0.717, 1.165) is 22.8 Å². The zero-order valence-electron chi connectivity index (χ0n) is 12.3. The topological polar surface area (TPSA) is 41.1 Å². The molecule has 0 bridgehead atoms. The van der Waals surface area contributed by atoms with Gasteiger partial charge in [-0.05, 0) is 60.4 Å². The molecule has 1 heterocycles. The maximum atomic E-state index is 5.87. The molecule has 20 heavy (non-hydrogen) atoms. The maximum Gasteiger partial charge on any atom is 0.224 e. The smallest absolute Gasteiger partial charge is 0.224 e. The van der Waals surface area contributed by atoms with E-state index in [-0.39, 0.29) is 10.8 Å². The molecular formula is C14H22BrClN4. The lowest BCUT2D eigenvalue weighted by Crippen LogP contribution is -2.52. The molecule has 112 valence electrons. The Bertz CT molecular complexity index is 468. The standard InChI is InChI=1S/C14H22BrClN4/c1-10-5-4-6-14(7-10,20(2)3)9-18-12-11(15)8-17-13(16)19-12/h8,10H,4-7,9H2,1-3H3,(H,17,18,19). The predicted molar refractivity (Wildman–Crippen MR) is 87.3 cm³/mol. The quantitative estimate of drug-likeness (QED) is 0.828. The van der Waals surface area contributed by atoms with Crippen molar-refractivity contribution in [1.29, 1.82) is 0 Å². The molecule has 1 aliphatic rings. The molecular weight excluding hydrogens is 340 g/mol. The van der Waals surface area contributed by atoms with E-state index in [1.807, 2.05) is 0 Å². The number of hydrogen-bond acceptors (Lipinski definition) is 4. The summed E-state index contributed by atoms with van der Waals surface area (Å²) in [7, 11) is 4.34. The van der Waals surface area contributed by atoms with Crippen LogP contribution >= 0.6 is 27.5 Å². The van der Waals surface area contributed by atoms with Gasteiger partial charge in [0.1, 0.15) is 5.82 Å². The van der Waals surface area contributed by atoms with Gasteiger partial charge in [-0.2, -0.15) is 4.98 Å². The van der Waals surface area contributed by atoms with Gasteiger partial charge in [0.25, 0.3) is 0 Å². The average molecular weight is 362 g/mol. The van der Waals surface area contributed by atoms with Gasteiger partial charge in [0.15, 0.2) is 0 Å². The van der Waals surface area contributed by atoms with Crippen molar-refractivity contribution >= 4 is 33.3 Å². The van der Waals surface area contributed by atoms with Crippen LogP contribution in [0, 0.1) is 5.92 Å². The highest BCUT2D eigenvalue weighted by atomic mass is 79.9. The average Bonchev–Trinajstić information content (AvgIpc) is 2.40. The lowest BCUT2D eigenvalue weighted by molar-refractivity contribution is 0.0881. The molecule has 2 atom stereocenters. The van der Waals surface area contributed by atoms with Crippen LogP contribution in [0.15, 0.2) is 10.7 Å². The van der Waals surface area contributed by atoms with Crippen LogP contribution in [0.5, 0.6) is 0 Å². The highest BCUT2D eigenvalue weighted by molar-refractivity contribution is 9.10. The van der Waals surface area contributed by atoms with Crippen LogP contribution in [0.4, 0.5) is 5.82 Å². The third-order valence-electron chi connectivity index (χ3n) is 4.32. The van der Waals surface area contributed by atoms with E-state index in [0.29, 0.717) is 0 Å². The van der Waals surface area contributed by atoms with Crippen LogP contribution in [0.1, 0.15) is 32.6 Å². The summed E-state index contributed by atoms with van der Waals surface area (Å²) < 4.78 is 0.847. The Hall–Kier alpha value is -0.390. The Morgan fingerprint density at radius 2 is 2.30 bits per heavy atom. The zero-order valence-corrected chi connectivity index (χ0v) is 14.6. The van der Waals surface area contributed by atoms with Crippen LogP contribution in [0.25, 0.3) is 0 Å². The van der Waals surface area contributed by atoms with Crippen molar-refractivity contribution in [1.82, 2.24) is 14.9 Å². The third-order valence-corrected chi connectivity index (χ3v) is 5.08. The molecule has 0 aliphatic heterocycles. The molecule has 1 saturated carbocycles. The van der Waals surface area contributed by atoms with Gasteiger partial charge in [0.2, 0.25) is 5.28 Å². The number of nitrogens with zero attached hydrogens (tertiary/aromatic N) is 3. The van der Waals surface area contributed by atoms with E-state index in [2.05, 4.69) is 57.1 Å². The van der Waals surface area contributed by atoms with Crippen molar-refractivity contribution in [2.75, 3.05) is 26.0 Å². The minimum atomic E-state index is 0.189. The SMILES string of the molecule is CC1CCCC(CNc2nc(Cl)ncc2Br)(N(C)C)C1. The van der Waals surface area contributed by atoms with E-state index < -0.39 is 0 Å². The second-order valence-electron chi connectivity index (χ2n) is 6.01. The summed E-state index contributed by atoms with van der Waals surface area (Å²) in [5, 5.41) is 3.71. The van der Waals surface area contributed by atoms with Gasteiger partial charge in [-0.1, -0.05) is 19.8 Å². The molecule has 0 radical (unpaired) electrons. The Morgan fingerprint density at radius 3 is 2.95 bits per heavy atom. The van der Waals surface area contributed by atoms with Crippen molar-refractivity contribution in [3.05, 3.63) is 16.0 Å². The molecule has 1 aromatic rings. The van der Waals surface area contributed by atoms with E-state index in [9.17, 15) is 0 Å². The molecule has 0 aromatic carbocycles. The highest BCUT2D eigenvalue weighted by Crippen LogP contribution is 2.36. The number of halogens is 2. The van der Waals surface area contributed by atoms with Gasteiger partial charge in [-0.25, -0.2) is 4.98 Å². The van der Waals surface area contributed by atoms with Crippen LogP contribution in [0.3, 0.4) is 0 Å². The lowest BCUT2D eigenvalue weighted by Gasteiger charge is -2.45. The largest absolute Gasteiger partial charge is 0.367 e. The third kappa shape index (κ3) is 3.62. The summed E-state index contributed by atoms with van der Waals surface area (Å²) >= 11 is 9.33. The van der Waals surface area contributed by atoms with E-state index in [1.54, 1.807) is 6.20 Å². The Morgan fingerprint density at radius 1 is 1.55 bits per heavy atom. The number of nitrogens with one attached hydrogen (secondary N) is 1. The molecule has 2 rings (SSSR count). The number of aromatic nitrogens is 2. The highest BCUT2D eigenvalue weighted by Gasteiger charge is 2.36. The van der Waals surface area contributed by atoms with Crippen LogP contribution in [-0.4, -0.2) is 41.0 Å². The van der Waals surface area contributed by atoms with Crippen molar-refractivity contribution in [3.63, 3.8) is 0 Å². The fraction of sp³-hybridized carbons (Fsp3) is 0.714. The molecule has 1 aromatic heterocycles. The van der Waals surface area contributed by atoms with Crippen LogP contribution in [0.2, 0.25) is 5.28 Å². The van der Waals surface area contributed by atoms with Gasteiger partial charge in [-0.15, -0.1) is 0 Å². The molecule has 0 amide bonds. The summed E-state index contributed by atoms with van der Waals surface area (Å²) in [5.41, 5.74) is 0.189. The van der Waals surface area contributed by atoms with Gasteiger partial charge < -0.3 is 10.2 Å². The van der Waals surface area contributed by atoms with Gasteiger partial charge in [-0.3, -0.25) is 0 Å². The first-order chi connectivity index (χ1) is 9.43. The van der Waals surface area contributed by atoms with Gasteiger partial charge >= 0.3 is 0 Å². The lowest BCUT2D eigenvalue weighted by atomic mass is 9.75. The first-order valence-corrected chi connectivity index (χ1v) is 8.19. The predicted octanol–water partition coefficient (Wildman–Crippen LogP) is 3.81. The van der Waals surface area contributed by atoms with Crippen molar-refractivity contribution < 1.29 is 0 Å². The maximum absolute atomic E-state index is 5.87. The molecule has 2 unspecified atom stereocenters. The van der Waals surface area contributed by atoms with E-state index >= 15 is 0 Å². The van der Waals surface area contributed by atoms with Gasteiger partial charge in [0, 0.05) is 18.3 Å². The zero-order chi connectivity index (χ0) is 14.8. The molecule has 1 aliphatic carbocycles. The summed E-state index contributed by atoms with van der Waals surface area (Å²) in [6, 6.07) is 0. The fourth-order valence-corrected chi connectivity index (χ4v) is 3.54. The minimum Gasteiger partial charge on any atom is -0.367 e. The Kier molecular flexibility index (Phi) is 5.26. The molecule has 1 N–H and O–H groups in total. The fourth-order valence-electron chi connectivity index (χ4n) is 3.08. The van der Waals surface area contributed by atoms with Crippen molar-refractivity contribution in [3.8, 4) is 0 Å². The molecule has 0 spiro atoms. The normalized spacial score (nSPS) is 26.8. The summed E-state index contributed by atoms with van der Waals surface area (Å²) in [6.45, 7) is 3.21. The Balaban J connectivity index is 2.11. The Labute approximate surface area is 134 Å². The monoisotopic (exact) mass is 360 g/mol. The molecule has 6 heteroatoms. The summed E-state index contributed by atoms with van der Waals surface area (Å²) in [5.74, 6) is 1.54. The van der Waals surface area contributed by atoms with Gasteiger partial charge in [0.05, 0.1) is 4.47 Å². The number of rotatable bonds is 4. The second kappa shape index (κ2) is 6.58. The molecule has 1 fully saturated rings. The number of likely N-dealkylation sites (N-methyl/N-ethyl adjacent to an activating group) is 1. The second-order valence-corrected chi connectivity index (χ2v) is 7.20. The van der Waals surface area contributed by atoms with E-state index in [1.165, 1.54) is 25.7 Å². The number of hydrogen-bond donors (Lipinski definition) is 1. The van der Waals surface area contributed by atoms with Crippen LogP contribution in [-0.2, 0) is 0 Å². The first kappa shape index (κ1) is 16.0. The minimum absolute atomic E-state index is 0.189. The molecule has 0 saturated heterocycles. The summed E-state index contributed by atoms with van der Waals surface area (Å²) in [6.07, 6.45) is 6.73. The van der Waals surface area contributed by atoms with Crippen LogP contribution < -0.4 is 5.32 Å². The van der Waals surface area contributed by atoms with E-state index in [4.69, 9.17) is 11.6 Å².